The maximum absolute atomic E-state index is 11.3. The zero-order chi connectivity index (χ0) is 12.0. The summed E-state index contributed by atoms with van der Waals surface area (Å²) < 4.78 is 0. The standard InChI is InChI=1S/C10H18BrN3O2/c11-4-1-10(16)13-8-2-5-14(6-3-8)7-9(12)15/h8H,1-7H2,(H2,12,15)(H,13,16). The molecule has 2 amide bonds. The molecular weight excluding hydrogens is 274 g/mol. The number of hydrogen-bond acceptors (Lipinski definition) is 3. The van der Waals surface area contributed by atoms with Gasteiger partial charge in [0.2, 0.25) is 11.8 Å². The molecule has 1 saturated heterocycles. The molecule has 1 aliphatic heterocycles. The lowest BCUT2D eigenvalue weighted by Crippen LogP contribution is -2.46. The predicted octanol–water partition coefficient (Wildman–Crippen LogP) is -0.163. The average molecular weight is 292 g/mol. The summed E-state index contributed by atoms with van der Waals surface area (Å²) in [6, 6.07) is 0.246. The van der Waals surface area contributed by atoms with Crippen molar-refractivity contribution < 1.29 is 9.59 Å². The van der Waals surface area contributed by atoms with E-state index < -0.39 is 0 Å². The van der Waals surface area contributed by atoms with Crippen molar-refractivity contribution in [1.82, 2.24) is 10.2 Å². The number of amides is 2. The lowest BCUT2D eigenvalue weighted by molar-refractivity contribution is -0.122. The summed E-state index contributed by atoms with van der Waals surface area (Å²) in [6.45, 7) is 1.96. The second kappa shape index (κ2) is 6.85. The SMILES string of the molecule is NC(=O)CN1CCC(NC(=O)CCBr)CC1. The van der Waals surface area contributed by atoms with E-state index in [1.807, 2.05) is 4.90 Å². The molecule has 1 fully saturated rings. The van der Waals surface area contributed by atoms with Gasteiger partial charge >= 0.3 is 0 Å². The van der Waals surface area contributed by atoms with E-state index in [9.17, 15) is 9.59 Å². The highest BCUT2D eigenvalue weighted by Gasteiger charge is 2.20. The van der Waals surface area contributed by atoms with Crippen LogP contribution in [0.2, 0.25) is 0 Å². The number of piperidine rings is 1. The van der Waals surface area contributed by atoms with Gasteiger partial charge in [-0.1, -0.05) is 15.9 Å². The number of carbonyl (C=O) groups excluding carboxylic acids is 2. The molecule has 0 saturated carbocycles. The van der Waals surface area contributed by atoms with E-state index in [2.05, 4.69) is 21.2 Å². The Balaban J connectivity index is 2.21. The topological polar surface area (TPSA) is 75.4 Å². The summed E-state index contributed by atoms with van der Waals surface area (Å²) in [5.41, 5.74) is 5.12. The first kappa shape index (κ1) is 13.4. The highest BCUT2D eigenvalue weighted by atomic mass is 79.9. The summed E-state index contributed by atoms with van der Waals surface area (Å²) in [4.78, 5) is 24.1. The minimum Gasteiger partial charge on any atom is -0.369 e. The van der Waals surface area contributed by atoms with Crippen LogP contribution in [0.1, 0.15) is 19.3 Å². The lowest BCUT2D eigenvalue weighted by atomic mass is 10.0. The van der Waals surface area contributed by atoms with E-state index in [-0.39, 0.29) is 17.9 Å². The molecule has 0 aromatic rings. The smallest absolute Gasteiger partial charge is 0.231 e. The molecule has 1 heterocycles. The number of likely N-dealkylation sites (tertiary alicyclic amines) is 1. The van der Waals surface area contributed by atoms with Crippen LogP contribution >= 0.6 is 15.9 Å². The summed E-state index contributed by atoms with van der Waals surface area (Å²) in [5.74, 6) is -0.202. The molecule has 16 heavy (non-hydrogen) atoms. The molecule has 0 aromatic carbocycles. The number of primary amides is 1. The quantitative estimate of drug-likeness (QED) is 0.691. The van der Waals surface area contributed by atoms with E-state index in [0.29, 0.717) is 18.3 Å². The van der Waals surface area contributed by atoms with Gasteiger partial charge in [0.25, 0.3) is 0 Å². The number of nitrogens with one attached hydrogen (secondary N) is 1. The number of rotatable bonds is 5. The van der Waals surface area contributed by atoms with Crippen LogP contribution in [0.3, 0.4) is 0 Å². The second-order valence-electron chi connectivity index (χ2n) is 4.02. The van der Waals surface area contributed by atoms with Gasteiger partial charge in [-0.2, -0.15) is 0 Å². The average Bonchev–Trinajstić information content (AvgIpc) is 2.20. The first-order chi connectivity index (χ1) is 7.61. The summed E-state index contributed by atoms with van der Waals surface area (Å²) in [5, 5.41) is 3.68. The van der Waals surface area contributed by atoms with Crippen LogP contribution in [0.5, 0.6) is 0 Å². The number of halogens is 1. The van der Waals surface area contributed by atoms with Crippen molar-refractivity contribution in [2.45, 2.75) is 25.3 Å². The summed E-state index contributed by atoms with van der Waals surface area (Å²) in [7, 11) is 0. The van der Waals surface area contributed by atoms with Crippen molar-refractivity contribution in [3.05, 3.63) is 0 Å². The van der Waals surface area contributed by atoms with Crippen molar-refractivity contribution in [3.63, 3.8) is 0 Å². The molecule has 1 aliphatic rings. The van der Waals surface area contributed by atoms with Gasteiger partial charge in [-0.25, -0.2) is 0 Å². The predicted molar refractivity (Wildman–Crippen MR) is 65.2 cm³/mol. The summed E-state index contributed by atoms with van der Waals surface area (Å²) >= 11 is 3.23. The Labute approximate surface area is 104 Å². The fourth-order valence-corrected chi connectivity index (χ4v) is 2.20. The van der Waals surface area contributed by atoms with E-state index in [1.54, 1.807) is 0 Å². The fraction of sp³-hybridized carbons (Fsp3) is 0.800. The first-order valence-corrected chi connectivity index (χ1v) is 6.60. The molecule has 0 spiro atoms. The van der Waals surface area contributed by atoms with Crippen LogP contribution in [0.15, 0.2) is 0 Å². The summed E-state index contributed by atoms with van der Waals surface area (Å²) in [6.07, 6.45) is 2.30. The molecule has 0 aliphatic carbocycles. The fourth-order valence-electron chi connectivity index (χ4n) is 1.84. The highest BCUT2D eigenvalue weighted by molar-refractivity contribution is 9.09. The molecule has 0 unspecified atom stereocenters. The second-order valence-corrected chi connectivity index (χ2v) is 4.82. The van der Waals surface area contributed by atoms with Crippen molar-refractivity contribution in [2.24, 2.45) is 5.73 Å². The maximum atomic E-state index is 11.3. The zero-order valence-electron chi connectivity index (χ0n) is 9.25. The highest BCUT2D eigenvalue weighted by Crippen LogP contribution is 2.09. The Morgan fingerprint density at radius 2 is 2.00 bits per heavy atom. The third kappa shape index (κ3) is 4.94. The van der Waals surface area contributed by atoms with Gasteiger partial charge in [-0.05, 0) is 12.8 Å². The molecule has 5 nitrogen and oxygen atoms in total. The van der Waals surface area contributed by atoms with Gasteiger partial charge in [-0.3, -0.25) is 14.5 Å². The number of hydrogen-bond donors (Lipinski definition) is 2. The molecule has 92 valence electrons. The number of nitrogens with zero attached hydrogens (tertiary/aromatic N) is 1. The van der Waals surface area contributed by atoms with Crippen LogP contribution in [-0.4, -0.2) is 47.7 Å². The normalized spacial score (nSPS) is 18.3. The number of alkyl halides is 1. The van der Waals surface area contributed by atoms with Crippen LogP contribution in [0, 0.1) is 0 Å². The Kier molecular flexibility index (Phi) is 5.76. The van der Waals surface area contributed by atoms with Crippen molar-refractivity contribution >= 4 is 27.7 Å². The lowest BCUT2D eigenvalue weighted by Gasteiger charge is -2.31. The van der Waals surface area contributed by atoms with Crippen LogP contribution in [-0.2, 0) is 9.59 Å². The van der Waals surface area contributed by atoms with Crippen LogP contribution < -0.4 is 11.1 Å². The van der Waals surface area contributed by atoms with Crippen LogP contribution in [0.25, 0.3) is 0 Å². The van der Waals surface area contributed by atoms with Crippen molar-refractivity contribution in [2.75, 3.05) is 25.0 Å². The van der Waals surface area contributed by atoms with Gasteiger partial charge in [0.05, 0.1) is 6.54 Å². The molecule has 0 radical (unpaired) electrons. The number of nitrogens with two attached hydrogens (primary N) is 1. The molecule has 3 N–H and O–H groups in total. The molecule has 1 rings (SSSR count). The maximum Gasteiger partial charge on any atom is 0.231 e. The van der Waals surface area contributed by atoms with Crippen molar-refractivity contribution in [1.29, 1.82) is 0 Å². The Bertz CT molecular complexity index is 252. The Morgan fingerprint density at radius 3 is 2.50 bits per heavy atom. The molecule has 0 atom stereocenters. The van der Waals surface area contributed by atoms with Gasteiger partial charge in [0.1, 0.15) is 0 Å². The number of carbonyl (C=O) groups is 2. The van der Waals surface area contributed by atoms with Gasteiger partial charge < -0.3 is 11.1 Å². The van der Waals surface area contributed by atoms with E-state index in [1.165, 1.54) is 0 Å². The van der Waals surface area contributed by atoms with E-state index in [4.69, 9.17) is 5.73 Å². The molecule has 6 heteroatoms. The van der Waals surface area contributed by atoms with E-state index >= 15 is 0 Å². The third-order valence-corrected chi connectivity index (χ3v) is 3.05. The molecule has 0 aromatic heterocycles. The minimum absolute atomic E-state index is 0.0882. The van der Waals surface area contributed by atoms with Gasteiger partial charge in [0.15, 0.2) is 0 Å². The Morgan fingerprint density at radius 1 is 1.38 bits per heavy atom. The molecule has 0 bridgehead atoms. The van der Waals surface area contributed by atoms with Crippen LogP contribution in [0.4, 0.5) is 0 Å². The third-order valence-electron chi connectivity index (χ3n) is 2.65. The first-order valence-electron chi connectivity index (χ1n) is 5.48. The van der Waals surface area contributed by atoms with Gasteiger partial charge in [-0.15, -0.1) is 0 Å². The Hall–Kier alpha value is -0.620. The van der Waals surface area contributed by atoms with E-state index in [0.717, 1.165) is 25.9 Å². The molecular formula is C10H18BrN3O2. The largest absolute Gasteiger partial charge is 0.369 e. The van der Waals surface area contributed by atoms with Crippen molar-refractivity contribution in [3.8, 4) is 0 Å². The monoisotopic (exact) mass is 291 g/mol. The van der Waals surface area contributed by atoms with Gasteiger partial charge in [0, 0.05) is 30.9 Å². The minimum atomic E-state index is -0.290. The zero-order valence-corrected chi connectivity index (χ0v) is 10.8.